The Labute approximate surface area is 136 Å². The minimum absolute atomic E-state index is 0. The summed E-state index contributed by atoms with van der Waals surface area (Å²) in [5.74, 6) is 0.607. The molecule has 0 spiro atoms. The van der Waals surface area contributed by atoms with Gasteiger partial charge in [0.05, 0.1) is 25.4 Å². The topological polar surface area (TPSA) is 38.8 Å². The smallest absolute Gasteiger partial charge is 0.153 e. The molecule has 21 heavy (non-hydrogen) atoms. The van der Waals surface area contributed by atoms with Crippen LogP contribution in [0.5, 0.6) is 5.75 Å². The third-order valence-electron chi connectivity index (χ3n) is 3.33. The Hall–Kier alpha value is -0.810. The van der Waals surface area contributed by atoms with Crippen LogP contribution < -0.4 is 4.74 Å². The van der Waals surface area contributed by atoms with E-state index in [4.69, 9.17) is 21.1 Å². The number of unbranched alkanes of at least 4 members (excludes halogenated alkanes) is 1. The van der Waals surface area contributed by atoms with Crippen LogP contribution >= 0.6 is 24.0 Å². The van der Waals surface area contributed by atoms with Crippen molar-refractivity contribution in [3.63, 3.8) is 0 Å². The molecule has 0 aromatic heterocycles. The van der Waals surface area contributed by atoms with E-state index in [9.17, 15) is 4.79 Å². The fourth-order valence-electron chi connectivity index (χ4n) is 2.19. The first-order chi connectivity index (χ1) is 9.79. The first kappa shape index (κ1) is 18.2. The van der Waals surface area contributed by atoms with Gasteiger partial charge in [0.1, 0.15) is 5.75 Å². The minimum Gasteiger partial charge on any atom is -0.493 e. The highest BCUT2D eigenvalue weighted by molar-refractivity contribution is 6.30. The number of aldehydes is 1. The van der Waals surface area contributed by atoms with Gasteiger partial charge in [-0.25, -0.2) is 0 Å². The number of benzene rings is 1. The highest BCUT2D eigenvalue weighted by atomic mass is 35.5. The lowest BCUT2D eigenvalue weighted by Gasteiger charge is -2.26. The molecular weight excluding hydrogens is 313 g/mol. The van der Waals surface area contributed by atoms with Gasteiger partial charge in [-0.05, 0) is 37.6 Å². The van der Waals surface area contributed by atoms with Gasteiger partial charge >= 0.3 is 0 Å². The fourth-order valence-corrected chi connectivity index (χ4v) is 2.37. The van der Waals surface area contributed by atoms with Crippen molar-refractivity contribution in [1.82, 2.24) is 4.90 Å². The van der Waals surface area contributed by atoms with E-state index in [-0.39, 0.29) is 12.4 Å². The van der Waals surface area contributed by atoms with Crippen molar-refractivity contribution in [2.45, 2.75) is 12.8 Å². The Bertz CT molecular complexity index is 437. The van der Waals surface area contributed by atoms with E-state index in [0.717, 1.165) is 52.0 Å². The van der Waals surface area contributed by atoms with Gasteiger partial charge in [0.25, 0.3) is 0 Å². The molecule has 1 aliphatic rings. The van der Waals surface area contributed by atoms with Crippen molar-refractivity contribution in [2.24, 2.45) is 0 Å². The second-order valence-electron chi connectivity index (χ2n) is 4.81. The monoisotopic (exact) mass is 333 g/mol. The van der Waals surface area contributed by atoms with Crippen LogP contribution in [0, 0.1) is 0 Å². The van der Waals surface area contributed by atoms with Crippen LogP contribution in [0.25, 0.3) is 0 Å². The molecule has 1 aliphatic heterocycles. The zero-order valence-corrected chi connectivity index (χ0v) is 13.5. The van der Waals surface area contributed by atoms with Crippen molar-refractivity contribution in [3.05, 3.63) is 28.8 Å². The SMILES string of the molecule is Cl.O=Cc1cc(Cl)ccc1OCCCCN1CCOCC1. The Kier molecular flexibility index (Phi) is 8.69. The van der Waals surface area contributed by atoms with Crippen molar-refractivity contribution in [1.29, 1.82) is 0 Å². The third kappa shape index (κ3) is 6.22. The van der Waals surface area contributed by atoms with Gasteiger partial charge in [-0.3, -0.25) is 9.69 Å². The standard InChI is InChI=1S/C15H20ClNO3.ClH/c16-14-3-4-15(13(11-14)12-18)20-8-2-1-5-17-6-9-19-10-7-17;/h3-4,11-12H,1-2,5-10H2;1H. The molecule has 1 aromatic carbocycles. The summed E-state index contributed by atoms with van der Waals surface area (Å²) in [4.78, 5) is 13.3. The average Bonchev–Trinajstić information content (AvgIpc) is 2.49. The summed E-state index contributed by atoms with van der Waals surface area (Å²) < 4.78 is 10.9. The summed E-state index contributed by atoms with van der Waals surface area (Å²) in [6.45, 7) is 5.41. The number of morpholine rings is 1. The van der Waals surface area contributed by atoms with Gasteiger partial charge < -0.3 is 9.47 Å². The first-order valence-corrected chi connectivity index (χ1v) is 7.35. The molecule has 2 rings (SSSR count). The molecule has 1 fully saturated rings. The molecule has 6 heteroatoms. The molecule has 0 bridgehead atoms. The van der Waals surface area contributed by atoms with Crippen molar-refractivity contribution in [3.8, 4) is 5.75 Å². The lowest BCUT2D eigenvalue weighted by Crippen LogP contribution is -2.36. The Morgan fingerprint density at radius 3 is 2.76 bits per heavy atom. The number of carbonyl (C=O) groups is 1. The van der Waals surface area contributed by atoms with Gasteiger partial charge in [-0.1, -0.05) is 11.6 Å². The minimum atomic E-state index is 0. The summed E-state index contributed by atoms with van der Waals surface area (Å²) in [5, 5.41) is 0.548. The van der Waals surface area contributed by atoms with Crippen LogP contribution in [0.15, 0.2) is 18.2 Å². The van der Waals surface area contributed by atoms with E-state index >= 15 is 0 Å². The predicted octanol–water partition coefficient (Wildman–Crippen LogP) is 3.07. The molecule has 1 heterocycles. The van der Waals surface area contributed by atoms with Crippen molar-refractivity contribution < 1.29 is 14.3 Å². The molecule has 0 N–H and O–H groups in total. The Morgan fingerprint density at radius 2 is 2.05 bits per heavy atom. The normalized spacial score (nSPS) is 15.3. The third-order valence-corrected chi connectivity index (χ3v) is 3.56. The molecule has 4 nitrogen and oxygen atoms in total. The molecule has 0 unspecified atom stereocenters. The number of halogens is 2. The van der Waals surface area contributed by atoms with E-state index in [1.807, 2.05) is 0 Å². The van der Waals surface area contributed by atoms with E-state index < -0.39 is 0 Å². The second-order valence-corrected chi connectivity index (χ2v) is 5.25. The Balaban J connectivity index is 0.00000220. The van der Waals surface area contributed by atoms with E-state index in [0.29, 0.717) is 22.9 Å². The lowest BCUT2D eigenvalue weighted by molar-refractivity contribution is 0.0368. The van der Waals surface area contributed by atoms with Crippen LogP contribution in [0.3, 0.4) is 0 Å². The molecular formula is C15H21Cl2NO3. The summed E-state index contributed by atoms with van der Waals surface area (Å²) >= 11 is 5.84. The molecule has 0 atom stereocenters. The average molecular weight is 334 g/mol. The molecule has 0 amide bonds. The van der Waals surface area contributed by atoms with Gasteiger partial charge in [-0.15, -0.1) is 12.4 Å². The zero-order valence-electron chi connectivity index (χ0n) is 11.9. The summed E-state index contributed by atoms with van der Waals surface area (Å²) in [5.41, 5.74) is 0.505. The summed E-state index contributed by atoms with van der Waals surface area (Å²) in [6.07, 6.45) is 2.83. The summed E-state index contributed by atoms with van der Waals surface area (Å²) in [6, 6.07) is 5.10. The number of rotatable bonds is 7. The van der Waals surface area contributed by atoms with Crippen LogP contribution in [0.2, 0.25) is 5.02 Å². The molecule has 0 saturated carbocycles. The zero-order chi connectivity index (χ0) is 14.2. The fraction of sp³-hybridized carbons (Fsp3) is 0.533. The number of carbonyl (C=O) groups excluding carboxylic acids is 1. The maximum absolute atomic E-state index is 10.9. The van der Waals surface area contributed by atoms with Gasteiger partial charge in [0.2, 0.25) is 0 Å². The van der Waals surface area contributed by atoms with Gasteiger partial charge in [-0.2, -0.15) is 0 Å². The van der Waals surface area contributed by atoms with E-state index in [1.165, 1.54) is 0 Å². The second kappa shape index (κ2) is 10.0. The number of hydrogen-bond acceptors (Lipinski definition) is 4. The van der Waals surface area contributed by atoms with Gasteiger partial charge in [0, 0.05) is 18.1 Å². The maximum Gasteiger partial charge on any atom is 0.153 e. The molecule has 0 aliphatic carbocycles. The lowest BCUT2D eigenvalue weighted by atomic mass is 10.2. The molecule has 0 radical (unpaired) electrons. The van der Waals surface area contributed by atoms with Crippen LogP contribution in [-0.4, -0.2) is 50.6 Å². The molecule has 1 saturated heterocycles. The maximum atomic E-state index is 10.9. The van der Waals surface area contributed by atoms with Crippen LogP contribution in [0.4, 0.5) is 0 Å². The molecule has 118 valence electrons. The highest BCUT2D eigenvalue weighted by Crippen LogP contribution is 2.21. The molecule has 1 aromatic rings. The summed E-state index contributed by atoms with van der Waals surface area (Å²) in [7, 11) is 0. The number of hydrogen-bond donors (Lipinski definition) is 0. The quantitative estimate of drug-likeness (QED) is 0.567. The van der Waals surface area contributed by atoms with Crippen molar-refractivity contribution in [2.75, 3.05) is 39.5 Å². The van der Waals surface area contributed by atoms with Crippen LogP contribution in [0.1, 0.15) is 23.2 Å². The highest BCUT2D eigenvalue weighted by Gasteiger charge is 2.09. The number of ether oxygens (including phenoxy) is 2. The largest absolute Gasteiger partial charge is 0.493 e. The van der Waals surface area contributed by atoms with E-state index in [1.54, 1.807) is 18.2 Å². The van der Waals surface area contributed by atoms with Gasteiger partial charge in [0.15, 0.2) is 6.29 Å². The van der Waals surface area contributed by atoms with Crippen LogP contribution in [-0.2, 0) is 4.74 Å². The van der Waals surface area contributed by atoms with Crippen molar-refractivity contribution >= 4 is 30.3 Å². The predicted molar refractivity (Wildman–Crippen MR) is 86.1 cm³/mol. The Morgan fingerprint density at radius 1 is 1.29 bits per heavy atom. The number of nitrogens with zero attached hydrogens (tertiary/aromatic N) is 1. The van der Waals surface area contributed by atoms with E-state index in [2.05, 4.69) is 4.90 Å². The first-order valence-electron chi connectivity index (χ1n) is 6.97.